The Hall–Kier alpha value is -0.610. The molecular formula is C10H20N2O2. The van der Waals surface area contributed by atoms with E-state index in [9.17, 15) is 4.79 Å². The summed E-state index contributed by atoms with van der Waals surface area (Å²) in [6.45, 7) is 4.89. The molecular weight excluding hydrogens is 180 g/mol. The van der Waals surface area contributed by atoms with Crippen LogP contribution in [0, 0.1) is 5.92 Å². The van der Waals surface area contributed by atoms with E-state index in [0.717, 1.165) is 26.1 Å². The highest BCUT2D eigenvalue weighted by atomic mass is 16.5. The van der Waals surface area contributed by atoms with Gasteiger partial charge in [-0.25, -0.2) is 0 Å². The van der Waals surface area contributed by atoms with Crippen molar-refractivity contribution in [1.29, 1.82) is 0 Å². The van der Waals surface area contributed by atoms with Gasteiger partial charge in [0.05, 0.1) is 13.5 Å². The second-order valence-corrected chi connectivity index (χ2v) is 4.01. The highest BCUT2D eigenvalue weighted by Crippen LogP contribution is 2.18. The van der Waals surface area contributed by atoms with E-state index in [1.54, 1.807) is 0 Å². The minimum atomic E-state index is -0.131. The summed E-state index contributed by atoms with van der Waals surface area (Å²) in [7, 11) is 1.43. The van der Waals surface area contributed by atoms with E-state index in [1.165, 1.54) is 7.11 Å². The molecule has 2 unspecified atom stereocenters. The van der Waals surface area contributed by atoms with Crippen molar-refractivity contribution < 1.29 is 9.53 Å². The van der Waals surface area contributed by atoms with Gasteiger partial charge in [-0.1, -0.05) is 0 Å². The summed E-state index contributed by atoms with van der Waals surface area (Å²) in [4.78, 5) is 13.4. The van der Waals surface area contributed by atoms with E-state index in [0.29, 0.717) is 12.3 Å². The van der Waals surface area contributed by atoms with Gasteiger partial charge in [-0.3, -0.25) is 9.69 Å². The van der Waals surface area contributed by atoms with Gasteiger partial charge in [0.25, 0.3) is 0 Å². The molecule has 0 aromatic carbocycles. The van der Waals surface area contributed by atoms with Crippen molar-refractivity contribution in [1.82, 2.24) is 4.90 Å². The number of hydrogen-bond donors (Lipinski definition) is 1. The van der Waals surface area contributed by atoms with Gasteiger partial charge in [0.2, 0.25) is 0 Å². The lowest BCUT2D eigenvalue weighted by Gasteiger charge is -2.23. The lowest BCUT2D eigenvalue weighted by molar-refractivity contribution is -0.141. The number of ether oxygens (including phenoxy) is 1. The molecule has 2 N–H and O–H groups in total. The molecule has 1 saturated heterocycles. The lowest BCUT2D eigenvalue weighted by Crippen LogP contribution is -2.33. The van der Waals surface area contributed by atoms with Crippen LogP contribution in [-0.2, 0) is 9.53 Å². The molecule has 14 heavy (non-hydrogen) atoms. The number of carbonyl (C=O) groups is 1. The lowest BCUT2D eigenvalue weighted by atomic mass is 10.1. The Bertz CT molecular complexity index is 197. The minimum absolute atomic E-state index is 0.131. The fourth-order valence-corrected chi connectivity index (χ4v) is 1.91. The number of carbonyl (C=O) groups excluding carboxylic acids is 1. The van der Waals surface area contributed by atoms with Crippen LogP contribution in [0.2, 0.25) is 0 Å². The number of hydrogen-bond acceptors (Lipinski definition) is 4. The molecule has 0 bridgehead atoms. The highest BCUT2D eigenvalue weighted by Gasteiger charge is 2.26. The summed E-state index contributed by atoms with van der Waals surface area (Å²) in [5.41, 5.74) is 5.61. The molecule has 1 rings (SSSR count). The van der Waals surface area contributed by atoms with Gasteiger partial charge < -0.3 is 10.5 Å². The van der Waals surface area contributed by atoms with Gasteiger partial charge in [-0.05, 0) is 32.4 Å². The zero-order chi connectivity index (χ0) is 10.6. The van der Waals surface area contributed by atoms with Crippen molar-refractivity contribution in [2.24, 2.45) is 11.7 Å². The molecule has 82 valence electrons. The maximum Gasteiger partial charge on any atom is 0.307 e. The number of rotatable bonds is 4. The second kappa shape index (κ2) is 5.32. The third-order valence-electron chi connectivity index (χ3n) is 2.96. The highest BCUT2D eigenvalue weighted by molar-refractivity contribution is 5.69. The predicted molar refractivity (Wildman–Crippen MR) is 54.8 cm³/mol. The first-order chi connectivity index (χ1) is 6.67. The smallest absolute Gasteiger partial charge is 0.307 e. The van der Waals surface area contributed by atoms with Crippen LogP contribution >= 0.6 is 0 Å². The normalized spacial score (nSPS) is 24.9. The van der Waals surface area contributed by atoms with E-state index in [-0.39, 0.29) is 12.0 Å². The molecule has 1 fully saturated rings. The number of methoxy groups -OCH3 is 1. The van der Waals surface area contributed by atoms with Crippen molar-refractivity contribution in [3.63, 3.8) is 0 Å². The third-order valence-corrected chi connectivity index (χ3v) is 2.96. The van der Waals surface area contributed by atoms with Gasteiger partial charge in [0, 0.05) is 12.6 Å². The van der Waals surface area contributed by atoms with Gasteiger partial charge >= 0.3 is 5.97 Å². The van der Waals surface area contributed by atoms with Gasteiger partial charge in [-0.15, -0.1) is 0 Å². The number of esters is 1. The zero-order valence-corrected chi connectivity index (χ0v) is 9.03. The van der Waals surface area contributed by atoms with Crippen LogP contribution in [0.15, 0.2) is 0 Å². The molecule has 0 aromatic rings. The topological polar surface area (TPSA) is 55.6 Å². The molecule has 0 saturated carbocycles. The Morgan fingerprint density at radius 1 is 1.71 bits per heavy atom. The standard InChI is InChI=1S/C10H20N2O2/c1-8(5-10(13)14-2)12-4-3-9(6-11)7-12/h8-9H,3-7,11H2,1-2H3. The van der Waals surface area contributed by atoms with Gasteiger partial charge in [-0.2, -0.15) is 0 Å². The molecule has 1 aliphatic rings. The first-order valence-electron chi connectivity index (χ1n) is 5.18. The average molecular weight is 200 g/mol. The van der Waals surface area contributed by atoms with Crippen molar-refractivity contribution >= 4 is 5.97 Å². The molecule has 1 aliphatic heterocycles. The summed E-state index contributed by atoms with van der Waals surface area (Å²) in [6, 6.07) is 0.277. The van der Waals surface area contributed by atoms with Crippen LogP contribution in [0.25, 0.3) is 0 Å². The van der Waals surface area contributed by atoms with Crippen molar-refractivity contribution in [3.05, 3.63) is 0 Å². The molecule has 0 amide bonds. The Kier molecular flexibility index (Phi) is 4.35. The average Bonchev–Trinajstić information content (AvgIpc) is 2.65. The van der Waals surface area contributed by atoms with E-state index < -0.39 is 0 Å². The number of likely N-dealkylation sites (tertiary alicyclic amines) is 1. The van der Waals surface area contributed by atoms with Crippen molar-refractivity contribution in [3.8, 4) is 0 Å². The summed E-state index contributed by atoms with van der Waals surface area (Å²) < 4.78 is 4.64. The van der Waals surface area contributed by atoms with E-state index >= 15 is 0 Å². The summed E-state index contributed by atoms with van der Waals surface area (Å²) in [5.74, 6) is 0.476. The van der Waals surface area contributed by atoms with E-state index in [1.807, 2.05) is 0 Å². The number of nitrogens with zero attached hydrogens (tertiary/aromatic N) is 1. The molecule has 0 radical (unpaired) electrons. The molecule has 2 atom stereocenters. The SMILES string of the molecule is COC(=O)CC(C)N1CCC(CN)C1. The molecule has 0 spiro atoms. The predicted octanol–water partition coefficient (Wildman–Crippen LogP) is 0.219. The monoisotopic (exact) mass is 200 g/mol. The Balaban J connectivity index is 2.31. The summed E-state index contributed by atoms with van der Waals surface area (Å²) in [5, 5.41) is 0. The van der Waals surface area contributed by atoms with Crippen LogP contribution < -0.4 is 5.73 Å². The first-order valence-corrected chi connectivity index (χ1v) is 5.18. The Morgan fingerprint density at radius 2 is 2.43 bits per heavy atom. The quantitative estimate of drug-likeness (QED) is 0.659. The Labute approximate surface area is 85.4 Å². The van der Waals surface area contributed by atoms with Crippen LogP contribution in [0.5, 0.6) is 0 Å². The maximum absolute atomic E-state index is 11.1. The largest absolute Gasteiger partial charge is 0.469 e. The van der Waals surface area contributed by atoms with Crippen molar-refractivity contribution in [2.45, 2.75) is 25.8 Å². The molecule has 4 heteroatoms. The molecule has 1 heterocycles. The Morgan fingerprint density at radius 3 is 2.93 bits per heavy atom. The van der Waals surface area contributed by atoms with Crippen LogP contribution in [0.3, 0.4) is 0 Å². The third kappa shape index (κ3) is 2.96. The van der Waals surface area contributed by atoms with Gasteiger partial charge in [0.15, 0.2) is 0 Å². The summed E-state index contributed by atoms with van der Waals surface area (Å²) in [6.07, 6.45) is 1.63. The van der Waals surface area contributed by atoms with Crippen LogP contribution in [0.4, 0.5) is 0 Å². The van der Waals surface area contributed by atoms with Gasteiger partial charge in [0.1, 0.15) is 0 Å². The molecule has 0 aliphatic carbocycles. The number of nitrogens with two attached hydrogens (primary N) is 1. The zero-order valence-electron chi connectivity index (χ0n) is 9.03. The van der Waals surface area contributed by atoms with E-state index in [2.05, 4.69) is 16.6 Å². The van der Waals surface area contributed by atoms with Crippen molar-refractivity contribution in [2.75, 3.05) is 26.7 Å². The fourth-order valence-electron chi connectivity index (χ4n) is 1.91. The van der Waals surface area contributed by atoms with Crippen LogP contribution in [-0.4, -0.2) is 43.7 Å². The first kappa shape index (κ1) is 11.5. The fraction of sp³-hybridized carbons (Fsp3) is 0.900. The second-order valence-electron chi connectivity index (χ2n) is 4.01. The molecule has 0 aromatic heterocycles. The minimum Gasteiger partial charge on any atom is -0.469 e. The molecule has 4 nitrogen and oxygen atoms in total. The van der Waals surface area contributed by atoms with Crippen LogP contribution in [0.1, 0.15) is 19.8 Å². The summed E-state index contributed by atoms with van der Waals surface area (Å²) >= 11 is 0. The maximum atomic E-state index is 11.1. The van der Waals surface area contributed by atoms with E-state index in [4.69, 9.17) is 5.73 Å².